The summed E-state index contributed by atoms with van der Waals surface area (Å²) in [6, 6.07) is 0.603. The van der Waals surface area contributed by atoms with Crippen LogP contribution >= 0.6 is 0 Å². The predicted molar refractivity (Wildman–Crippen MR) is 66.3 cm³/mol. The largest absolute Gasteiger partial charge is 0.385 e. The minimum Gasteiger partial charge on any atom is -0.385 e. The Labute approximate surface area is 95.2 Å². The molecule has 0 aliphatic carbocycles. The van der Waals surface area contributed by atoms with Crippen LogP contribution in [-0.2, 0) is 4.74 Å². The SMILES string of the molecule is COCCC(C)N(C)CCNCC(C)C. The minimum atomic E-state index is 0.603. The predicted octanol–water partition coefficient (Wildman–Crippen LogP) is 1.59. The molecular formula is C12H28N2O. The molecule has 0 bridgehead atoms. The molecular weight excluding hydrogens is 188 g/mol. The van der Waals surface area contributed by atoms with Gasteiger partial charge in [-0.2, -0.15) is 0 Å². The smallest absolute Gasteiger partial charge is 0.0477 e. The molecule has 0 aliphatic rings. The minimum absolute atomic E-state index is 0.603. The van der Waals surface area contributed by atoms with Crippen LogP contribution in [0.1, 0.15) is 27.2 Å². The van der Waals surface area contributed by atoms with Gasteiger partial charge in [-0.3, -0.25) is 0 Å². The van der Waals surface area contributed by atoms with Crippen molar-refractivity contribution in [2.75, 3.05) is 40.4 Å². The lowest BCUT2D eigenvalue weighted by molar-refractivity contribution is 0.153. The Morgan fingerprint density at radius 3 is 2.47 bits per heavy atom. The first-order valence-electron chi connectivity index (χ1n) is 5.97. The van der Waals surface area contributed by atoms with Crippen molar-refractivity contribution in [2.45, 2.75) is 33.2 Å². The molecule has 0 aromatic rings. The Kier molecular flexibility index (Phi) is 9.06. The summed E-state index contributed by atoms with van der Waals surface area (Å²) >= 11 is 0. The van der Waals surface area contributed by atoms with Crippen molar-refractivity contribution in [3.63, 3.8) is 0 Å². The molecule has 0 saturated carbocycles. The lowest BCUT2D eigenvalue weighted by Gasteiger charge is -2.24. The van der Waals surface area contributed by atoms with Gasteiger partial charge in [-0.15, -0.1) is 0 Å². The van der Waals surface area contributed by atoms with Crippen LogP contribution in [0.15, 0.2) is 0 Å². The van der Waals surface area contributed by atoms with Crippen molar-refractivity contribution in [3.05, 3.63) is 0 Å². The number of likely N-dealkylation sites (N-methyl/N-ethyl adjacent to an activating group) is 1. The second-order valence-electron chi connectivity index (χ2n) is 4.71. The van der Waals surface area contributed by atoms with Gasteiger partial charge in [-0.05, 0) is 32.9 Å². The van der Waals surface area contributed by atoms with E-state index in [1.165, 1.54) is 0 Å². The van der Waals surface area contributed by atoms with Gasteiger partial charge in [0.2, 0.25) is 0 Å². The van der Waals surface area contributed by atoms with Gasteiger partial charge in [-0.1, -0.05) is 13.8 Å². The summed E-state index contributed by atoms with van der Waals surface area (Å²) in [6.45, 7) is 10.9. The molecule has 0 heterocycles. The van der Waals surface area contributed by atoms with Crippen molar-refractivity contribution >= 4 is 0 Å². The fourth-order valence-electron chi connectivity index (χ4n) is 1.38. The number of methoxy groups -OCH3 is 1. The first kappa shape index (κ1) is 14.9. The highest BCUT2D eigenvalue weighted by molar-refractivity contribution is 4.64. The molecule has 0 aliphatic heterocycles. The summed E-state index contributed by atoms with van der Waals surface area (Å²) < 4.78 is 5.08. The average molecular weight is 216 g/mol. The quantitative estimate of drug-likeness (QED) is 0.592. The number of ether oxygens (including phenoxy) is 1. The van der Waals surface area contributed by atoms with E-state index in [9.17, 15) is 0 Å². The number of hydrogen-bond acceptors (Lipinski definition) is 3. The second-order valence-corrected chi connectivity index (χ2v) is 4.71. The van der Waals surface area contributed by atoms with Gasteiger partial charge in [-0.25, -0.2) is 0 Å². The first-order chi connectivity index (χ1) is 7.07. The molecule has 1 N–H and O–H groups in total. The lowest BCUT2D eigenvalue weighted by atomic mass is 10.2. The van der Waals surface area contributed by atoms with Gasteiger partial charge < -0.3 is 15.0 Å². The highest BCUT2D eigenvalue weighted by Crippen LogP contribution is 2.00. The Balaban J connectivity index is 3.42. The summed E-state index contributed by atoms with van der Waals surface area (Å²) in [5.74, 6) is 0.737. The van der Waals surface area contributed by atoms with Gasteiger partial charge in [0.05, 0.1) is 0 Å². The Bertz CT molecular complexity index is 140. The fraction of sp³-hybridized carbons (Fsp3) is 1.00. The van der Waals surface area contributed by atoms with E-state index < -0.39 is 0 Å². The first-order valence-corrected chi connectivity index (χ1v) is 5.97. The van der Waals surface area contributed by atoms with Crippen LogP contribution in [0.2, 0.25) is 0 Å². The van der Waals surface area contributed by atoms with Crippen LogP contribution in [0.5, 0.6) is 0 Å². The highest BCUT2D eigenvalue weighted by Gasteiger charge is 2.07. The second kappa shape index (κ2) is 9.13. The van der Waals surface area contributed by atoms with Crippen molar-refractivity contribution in [1.82, 2.24) is 10.2 Å². The zero-order valence-electron chi connectivity index (χ0n) is 11.0. The fourth-order valence-corrected chi connectivity index (χ4v) is 1.38. The Hall–Kier alpha value is -0.120. The van der Waals surface area contributed by atoms with E-state index in [1.54, 1.807) is 7.11 Å². The normalized spacial score (nSPS) is 13.8. The maximum absolute atomic E-state index is 5.08. The number of hydrogen-bond donors (Lipinski definition) is 1. The van der Waals surface area contributed by atoms with Crippen LogP contribution in [0.3, 0.4) is 0 Å². The van der Waals surface area contributed by atoms with Crippen molar-refractivity contribution in [3.8, 4) is 0 Å². The van der Waals surface area contributed by atoms with E-state index in [0.717, 1.165) is 38.6 Å². The summed E-state index contributed by atoms with van der Waals surface area (Å²) in [6.07, 6.45) is 1.11. The molecule has 3 heteroatoms. The molecule has 92 valence electrons. The van der Waals surface area contributed by atoms with E-state index >= 15 is 0 Å². The average Bonchev–Trinajstić information content (AvgIpc) is 2.20. The van der Waals surface area contributed by atoms with Gasteiger partial charge in [0.1, 0.15) is 0 Å². The molecule has 0 aromatic heterocycles. The summed E-state index contributed by atoms with van der Waals surface area (Å²) in [7, 11) is 3.94. The van der Waals surface area contributed by atoms with E-state index in [1.807, 2.05) is 0 Å². The third-order valence-electron chi connectivity index (χ3n) is 2.69. The number of nitrogens with zero attached hydrogens (tertiary/aromatic N) is 1. The molecule has 3 nitrogen and oxygen atoms in total. The Morgan fingerprint density at radius 2 is 1.93 bits per heavy atom. The van der Waals surface area contributed by atoms with Gasteiger partial charge in [0.25, 0.3) is 0 Å². The van der Waals surface area contributed by atoms with Crippen molar-refractivity contribution < 1.29 is 4.74 Å². The van der Waals surface area contributed by atoms with Gasteiger partial charge >= 0.3 is 0 Å². The van der Waals surface area contributed by atoms with E-state index in [0.29, 0.717) is 6.04 Å². The molecule has 0 spiro atoms. The van der Waals surface area contributed by atoms with Crippen LogP contribution in [0.25, 0.3) is 0 Å². The Morgan fingerprint density at radius 1 is 1.27 bits per heavy atom. The molecule has 0 radical (unpaired) electrons. The van der Waals surface area contributed by atoms with E-state index in [-0.39, 0.29) is 0 Å². The van der Waals surface area contributed by atoms with Gasteiger partial charge in [0.15, 0.2) is 0 Å². The number of rotatable bonds is 9. The summed E-state index contributed by atoms with van der Waals surface area (Å²) in [5, 5.41) is 3.45. The zero-order valence-corrected chi connectivity index (χ0v) is 11.0. The third kappa shape index (κ3) is 8.85. The van der Waals surface area contributed by atoms with Crippen LogP contribution < -0.4 is 5.32 Å². The maximum atomic E-state index is 5.08. The topological polar surface area (TPSA) is 24.5 Å². The molecule has 0 rings (SSSR count). The van der Waals surface area contributed by atoms with E-state index in [4.69, 9.17) is 4.74 Å². The molecule has 0 fully saturated rings. The summed E-state index contributed by atoms with van der Waals surface area (Å²) in [5.41, 5.74) is 0. The van der Waals surface area contributed by atoms with Crippen LogP contribution in [0, 0.1) is 5.92 Å². The van der Waals surface area contributed by atoms with Crippen molar-refractivity contribution in [1.29, 1.82) is 0 Å². The van der Waals surface area contributed by atoms with E-state index in [2.05, 4.69) is 38.0 Å². The molecule has 0 aromatic carbocycles. The number of nitrogens with one attached hydrogen (secondary N) is 1. The van der Waals surface area contributed by atoms with Crippen LogP contribution in [-0.4, -0.2) is 51.3 Å². The molecule has 1 unspecified atom stereocenters. The van der Waals surface area contributed by atoms with Gasteiger partial charge in [0, 0.05) is 32.8 Å². The lowest BCUT2D eigenvalue weighted by Crippen LogP contribution is -2.36. The molecule has 1 atom stereocenters. The maximum Gasteiger partial charge on any atom is 0.0477 e. The highest BCUT2D eigenvalue weighted by atomic mass is 16.5. The molecule has 0 amide bonds. The standard InChI is InChI=1S/C12H28N2O/c1-11(2)10-13-7-8-14(4)12(3)6-9-15-5/h11-13H,6-10H2,1-5H3. The van der Waals surface area contributed by atoms with Crippen LogP contribution in [0.4, 0.5) is 0 Å². The summed E-state index contributed by atoms with van der Waals surface area (Å²) in [4.78, 5) is 2.38. The zero-order chi connectivity index (χ0) is 11.7. The monoisotopic (exact) mass is 216 g/mol. The molecule has 0 saturated heterocycles. The van der Waals surface area contributed by atoms with Crippen molar-refractivity contribution in [2.24, 2.45) is 5.92 Å². The third-order valence-corrected chi connectivity index (χ3v) is 2.69. The molecule has 15 heavy (non-hydrogen) atoms.